The fourth-order valence-corrected chi connectivity index (χ4v) is 4.12. The molecule has 1 aliphatic rings. The van der Waals surface area contributed by atoms with Crippen molar-refractivity contribution in [1.29, 1.82) is 0 Å². The summed E-state index contributed by atoms with van der Waals surface area (Å²) in [5, 5.41) is 9.13. The molecule has 1 amide bonds. The van der Waals surface area contributed by atoms with Crippen LogP contribution < -0.4 is 5.32 Å². The summed E-state index contributed by atoms with van der Waals surface area (Å²) < 4.78 is 1.90. The number of nitrogens with one attached hydrogen (secondary N) is 1. The maximum absolute atomic E-state index is 12.9. The number of aryl methyl sites for hydroxylation is 1. The van der Waals surface area contributed by atoms with E-state index < -0.39 is 0 Å². The Kier molecular flexibility index (Phi) is 3.99. The molecule has 2 aromatic rings. The second-order valence-corrected chi connectivity index (χ2v) is 7.51. The number of piperazine rings is 1. The quantitative estimate of drug-likeness (QED) is 0.925. The number of nitrogens with zero attached hydrogens (tertiary/aromatic N) is 3. The monoisotopic (exact) mass is 320 g/mol. The second kappa shape index (κ2) is 5.66. The number of amides is 1. The van der Waals surface area contributed by atoms with Gasteiger partial charge in [0.2, 0.25) is 0 Å². The number of thiophene rings is 1. The Hall–Kier alpha value is -1.40. The van der Waals surface area contributed by atoms with Crippen LogP contribution in [0.4, 0.5) is 0 Å². The molecule has 1 saturated heterocycles. The Morgan fingerprint density at radius 1 is 1.45 bits per heavy atom. The maximum Gasteiger partial charge on any atom is 0.264 e. The van der Waals surface area contributed by atoms with Gasteiger partial charge in [0.05, 0.1) is 10.6 Å². The number of hydrogen-bond acceptors (Lipinski definition) is 4. The van der Waals surface area contributed by atoms with Crippen molar-refractivity contribution in [3.8, 4) is 0 Å². The predicted molar refractivity (Wildman–Crippen MR) is 90.6 cm³/mol. The van der Waals surface area contributed by atoms with Crippen LogP contribution in [0, 0.1) is 0 Å². The Morgan fingerprint density at radius 3 is 2.86 bits per heavy atom. The van der Waals surface area contributed by atoms with Gasteiger partial charge < -0.3 is 10.2 Å². The van der Waals surface area contributed by atoms with Crippen molar-refractivity contribution in [1.82, 2.24) is 20.0 Å². The van der Waals surface area contributed by atoms with E-state index in [1.807, 2.05) is 22.7 Å². The summed E-state index contributed by atoms with van der Waals surface area (Å²) in [6, 6.07) is 2.58. The van der Waals surface area contributed by atoms with Crippen LogP contribution in [0.25, 0.3) is 10.2 Å². The Balaban J connectivity index is 1.96. The van der Waals surface area contributed by atoms with Crippen LogP contribution in [-0.4, -0.2) is 45.8 Å². The van der Waals surface area contributed by atoms with E-state index in [0.717, 1.165) is 33.9 Å². The highest BCUT2D eigenvalue weighted by atomic mass is 32.1. The molecular formula is C16H24N4OS. The van der Waals surface area contributed by atoms with Crippen molar-refractivity contribution >= 4 is 27.5 Å². The largest absolute Gasteiger partial charge is 0.332 e. The average molecular weight is 320 g/mol. The van der Waals surface area contributed by atoms with E-state index in [4.69, 9.17) is 0 Å². The van der Waals surface area contributed by atoms with E-state index >= 15 is 0 Å². The summed E-state index contributed by atoms with van der Waals surface area (Å²) in [5.41, 5.74) is 1.08. The molecule has 2 unspecified atom stereocenters. The predicted octanol–water partition coefficient (Wildman–Crippen LogP) is 2.58. The zero-order valence-corrected chi connectivity index (χ0v) is 14.7. The molecule has 1 N–H and O–H groups in total. The van der Waals surface area contributed by atoms with Crippen molar-refractivity contribution in [2.75, 3.05) is 13.1 Å². The zero-order chi connectivity index (χ0) is 16.0. The fourth-order valence-electron chi connectivity index (χ4n) is 3.08. The van der Waals surface area contributed by atoms with E-state index in [1.54, 1.807) is 11.3 Å². The van der Waals surface area contributed by atoms with Crippen LogP contribution in [0.15, 0.2) is 6.07 Å². The maximum atomic E-state index is 12.9. The van der Waals surface area contributed by atoms with Gasteiger partial charge >= 0.3 is 0 Å². The molecule has 3 heterocycles. The first-order chi connectivity index (χ1) is 10.4. The summed E-state index contributed by atoms with van der Waals surface area (Å²) >= 11 is 1.56. The summed E-state index contributed by atoms with van der Waals surface area (Å²) in [6.45, 7) is 10.2. The molecule has 0 aliphatic carbocycles. The minimum absolute atomic E-state index is 0.150. The second-order valence-electron chi connectivity index (χ2n) is 6.47. The zero-order valence-electron chi connectivity index (χ0n) is 13.9. The minimum Gasteiger partial charge on any atom is -0.332 e. The van der Waals surface area contributed by atoms with Gasteiger partial charge in [0.15, 0.2) is 0 Å². The van der Waals surface area contributed by atoms with Crippen LogP contribution in [0.3, 0.4) is 0 Å². The van der Waals surface area contributed by atoms with Crippen LogP contribution >= 0.6 is 11.3 Å². The molecule has 3 rings (SSSR count). The van der Waals surface area contributed by atoms with Gasteiger partial charge in [-0.05, 0) is 25.8 Å². The smallest absolute Gasteiger partial charge is 0.264 e. The number of rotatable bonds is 2. The molecule has 0 radical (unpaired) electrons. The molecule has 6 heteroatoms. The number of hydrogen-bond donors (Lipinski definition) is 1. The third-order valence-electron chi connectivity index (χ3n) is 4.59. The van der Waals surface area contributed by atoms with Gasteiger partial charge in [0.25, 0.3) is 5.91 Å². The first-order valence-electron chi connectivity index (χ1n) is 7.91. The van der Waals surface area contributed by atoms with E-state index in [2.05, 4.69) is 38.1 Å². The molecule has 1 fully saturated rings. The molecule has 0 aromatic carbocycles. The Morgan fingerprint density at radius 2 is 2.18 bits per heavy atom. The van der Waals surface area contributed by atoms with E-state index in [9.17, 15) is 4.79 Å². The van der Waals surface area contributed by atoms with E-state index in [0.29, 0.717) is 12.0 Å². The normalized spacial score (nSPS) is 22.7. The molecule has 0 bridgehead atoms. The molecular weight excluding hydrogens is 296 g/mol. The summed E-state index contributed by atoms with van der Waals surface area (Å²) in [7, 11) is 1.95. The van der Waals surface area contributed by atoms with Crippen molar-refractivity contribution in [3.05, 3.63) is 16.6 Å². The summed E-state index contributed by atoms with van der Waals surface area (Å²) in [6.07, 6.45) is 0. The lowest BCUT2D eigenvalue weighted by atomic mass is 10.1. The van der Waals surface area contributed by atoms with Gasteiger partial charge in [-0.1, -0.05) is 13.8 Å². The minimum atomic E-state index is 0.150. The molecule has 0 spiro atoms. The lowest BCUT2D eigenvalue weighted by molar-refractivity contribution is 0.0608. The van der Waals surface area contributed by atoms with Crippen LogP contribution in [-0.2, 0) is 7.05 Å². The van der Waals surface area contributed by atoms with Gasteiger partial charge in [-0.2, -0.15) is 5.10 Å². The average Bonchev–Trinajstić information content (AvgIpc) is 3.02. The first kappa shape index (κ1) is 15.5. The van der Waals surface area contributed by atoms with Crippen molar-refractivity contribution < 1.29 is 4.79 Å². The van der Waals surface area contributed by atoms with Crippen molar-refractivity contribution in [3.63, 3.8) is 0 Å². The topological polar surface area (TPSA) is 50.2 Å². The fraction of sp³-hybridized carbons (Fsp3) is 0.625. The lowest BCUT2D eigenvalue weighted by Gasteiger charge is -2.38. The number of fused-ring (bicyclic) bond motifs is 1. The highest BCUT2D eigenvalue weighted by Crippen LogP contribution is 2.32. The molecule has 22 heavy (non-hydrogen) atoms. The molecule has 0 saturated carbocycles. The van der Waals surface area contributed by atoms with E-state index in [-0.39, 0.29) is 11.9 Å². The SMILES string of the molecule is CC(C)c1nn(C)c2sc(C(=O)N3CCNC(C)C3C)cc12. The Labute approximate surface area is 135 Å². The van der Waals surface area contributed by atoms with Gasteiger partial charge in [0.1, 0.15) is 4.83 Å². The van der Waals surface area contributed by atoms with Crippen LogP contribution in [0.2, 0.25) is 0 Å². The first-order valence-corrected chi connectivity index (χ1v) is 8.72. The third-order valence-corrected chi connectivity index (χ3v) is 5.78. The molecule has 120 valence electrons. The van der Waals surface area contributed by atoms with Gasteiger partial charge in [-0.3, -0.25) is 9.48 Å². The standard InChI is InChI=1S/C16H24N4OS/c1-9(2)14-12-8-13(22-16(12)19(5)18-14)15(21)20-7-6-17-10(3)11(20)4/h8-11,17H,6-7H2,1-5H3. The van der Waals surface area contributed by atoms with Crippen LogP contribution in [0.5, 0.6) is 0 Å². The van der Waals surface area contributed by atoms with Gasteiger partial charge in [-0.25, -0.2) is 0 Å². The molecule has 2 aromatic heterocycles. The van der Waals surface area contributed by atoms with Gasteiger partial charge in [0, 0.05) is 37.6 Å². The van der Waals surface area contributed by atoms with E-state index in [1.165, 1.54) is 0 Å². The van der Waals surface area contributed by atoms with Crippen molar-refractivity contribution in [2.45, 2.75) is 45.7 Å². The van der Waals surface area contributed by atoms with Crippen molar-refractivity contribution in [2.24, 2.45) is 7.05 Å². The summed E-state index contributed by atoms with van der Waals surface area (Å²) in [4.78, 5) is 16.8. The number of aromatic nitrogens is 2. The number of carbonyl (C=O) groups is 1. The molecule has 1 aliphatic heterocycles. The highest BCUT2D eigenvalue weighted by molar-refractivity contribution is 7.20. The van der Waals surface area contributed by atoms with Gasteiger partial charge in [-0.15, -0.1) is 11.3 Å². The lowest BCUT2D eigenvalue weighted by Crippen LogP contribution is -2.57. The molecule has 5 nitrogen and oxygen atoms in total. The van der Waals surface area contributed by atoms with Crippen LogP contribution in [0.1, 0.15) is 49.0 Å². The Bertz CT molecular complexity index is 702. The summed E-state index contributed by atoms with van der Waals surface area (Å²) in [5.74, 6) is 0.510. The number of carbonyl (C=O) groups excluding carboxylic acids is 1. The highest BCUT2D eigenvalue weighted by Gasteiger charge is 2.30. The third kappa shape index (κ3) is 2.44. The molecule has 2 atom stereocenters.